The van der Waals surface area contributed by atoms with E-state index in [1.54, 1.807) is 30.0 Å². The Labute approximate surface area is 166 Å². The molecule has 1 amide bonds. The molecule has 0 atom stereocenters. The first-order chi connectivity index (χ1) is 13.4. The van der Waals surface area contributed by atoms with Crippen molar-refractivity contribution in [1.29, 1.82) is 0 Å². The summed E-state index contributed by atoms with van der Waals surface area (Å²) in [5.74, 6) is -0.312. The van der Waals surface area contributed by atoms with Crippen LogP contribution in [0.3, 0.4) is 0 Å². The van der Waals surface area contributed by atoms with Crippen molar-refractivity contribution >= 4 is 12.0 Å². The third kappa shape index (κ3) is 5.07. The molecular formula is C22H30FN3O2. The highest BCUT2D eigenvalue weighted by Crippen LogP contribution is 2.20. The minimum atomic E-state index is -0.284. The Morgan fingerprint density at radius 3 is 2.46 bits per heavy atom. The van der Waals surface area contributed by atoms with Gasteiger partial charge in [0.05, 0.1) is 18.0 Å². The van der Waals surface area contributed by atoms with E-state index < -0.39 is 0 Å². The Kier molecular flexibility index (Phi) is 7.93. The average Bonchev–Trinajstić information content (AvgIpc) is 2.97. The molecule has 0 unspecified atom stereocenters. The van der Waals surface area contributed by atoms with Gasteiger partial charge in [0.1, 0.15) is 5.82 Å². The molecular weight excluding hydrogens is 357 g/mol. The fraction of sp³-hybridized carbons (Fsp3) is 0.455. The second-order valence-corrected chi connectivity index (χ2v) is 6.80. The number of rotatable bonds is 9. The first-order valence-corrected chi connectivity index (χ1v) is 9.72. The van der Waals surface area contributed by atoms with Crippen LogP contribution in [0.2, 0.25) is 0 Å². The Balaban J connectivity index is 2.26. The van der Waals surface area contributed by atoms with Gasteiger partial charge in [-0.1, -0.05) is 13.8 Å². The summed E-state index contributed by atoms with van der Waals surface area (Å²) in [6, 6.07) is 6.39. The molecule has 0 radical (unpaired) electrons. The molecule has 28 heavy (non-hydrogen) atoms. The van der Waals surface area contributed by atoms with Crippen LogP contribution in [0.1, 0.15) is 43.6 Å². The number of aryl methyl sites for hydroxylation is 1. The van der Waals surface area contributed by atoms with Crippen LogP contribution in [0.25, 0.3) is 11.8 Å². The summed E-state index contributed by atoms with van der Waals surface area (Å²) in [6.45, 7) is 9.10. The van der Waals surface area contributed by atoms with Crippen LogP contribution in [-0.4, -0.2) is 46.9 Å². The Hall–Kier alpha value is -2.47. The van der Waals surface area contributed by atoms with Gasteiger partial charge in [-0.2, -0.15) is 5.10 Å². The molecule has 1 heterocycles. The van der Waals surface area contributed by atoms with E-state index in [1.165, 1.54) is 12.1 Å². The standard InChI is InChI=1S/C22H30FN3O2/c1-6-19(7-2)25(14-15-28-5)22(27)13-12-21-16(3)24-26(17(21)4)20-10-8-18(23)9-11-20/h8-13,19H,6-7,14-15H2,1-5H3/b13-12+. The van der Waals surface area contributed by atoms with Gasteiger partial charge in [-0.3, -0.25) is 4.79 Å². The molecule has 6 heteroatoms. The monoisotopic (exact) mass is 387 g/mol. The number of hydrogen-bond donors (Lipinski definition) is 0. The SMILES string of the molecule is CCC(CC)N(CCOC)C(=O)/C=C/c1c(C)nn(-c2ccc(F)cc2)c1C. The van der Waals surface area contributed by atoms with Gasteiger partial charge in [0, 0.05) is 37.0 Å². The van der Waals surface area contributed by atoms with Crippen LogP contribution in [0.15, 0.2) is 30.3 Å². The second-order valence-electron chi connectivity index (χ2n) is 6.80. The van der Waals surface area contributed by atoms with Crippen LogP contribution < -0.4 is 0 Å². The van der Waals surface area contributed by atoms with Crippen molar-refractivity contribution in [3.63, 3.8) is 0 Å². The molecule has 1 aromatic carbocycles. The number of methoxy groups -OCH3 is 1. The van der Waals surface area contributed by atoms with Gasteiger partial charge < -0.3 is 9.64 Å². The largest absolute Gasteiger partial charge is 0.383 e. The molecule has 0 spiro atoms. The second kappa shape index (κ2) is 10.2. The molecule has 2 aromatic rings. The number of halogens is 1. The predicted octanol–water partition coefficient (Wildman–Crippen LogP) is 4.31. The lowest BCUT2D eigenvalue weighted by Gasteiger charge is -2.29. The highest BCUT2D eigenvalue weighted by Gasteiger charge is 2.19. The Morgan fingerprint density at radius 2 is 1.89 bits per heavy atom. The van der Waals surface area contributed by atoms with Crippen molar-refractivity contribution in [2.24, 2.45) is 0 Å². The van der Waals surface area contributed by atoms with Gasteiger partial charge in [0.25, 0.3) is 0 Å². The number of carbonyl (C=O) groups is 1. The first-order valence-electron chi connectivity index (χ1n) is 9.72. The zero-order valence-corrected chi connectivity index (χ0v) is 17.4. The average molecular weight is 387 g/mol. The normalized spacial score (nSPS) is 11.5. The van der Waals surface area contributed by atoms with Crippen molar-refractivity contribution in [1.82, 2.24) is 14.7 Å². The molecule has 0 saturated carbocycles. The molecule has 0 N–H and O–H groups in total. The number of carbonyl (C=O) groups excluding carboxylic acids is 1. The molecule has 0 fully saturated rings. The van der Waals surface area contributed by atoms with Gasteiger partial charge in [-0.15, -0.1) is 0 Å². The molecule has 0 bridgehead atoms. The maximum absolute atomic E-state index is 13.2. The molecule has 152 valence electrons. The van der Waals surface area contributed by atoms with Crippen LogP contribution in [0.5, 0.6) is 0 Å². The topological polar surface area (TPSA) is 47.4 Å². The molecule has 2 rings (SSSR count). The highest BCUT2D eigenvalue weighted by atomic mass is 19.1. The fourth-order valence-corrected chi connectivity index (χ4v) is 3.37. The molecule has 0 aliphatic carbocycles. The van der Waals surface area contributed by atoms with Crippen LogP contribution >= 0.6 is 0 Å². The smallest absolute Gasteiger partial charge is 0.246 e. The molecule has 0 aliphatic heterocycles. The summed E-state index contributed by atoms with van der Waals surface area (Å²) in [4.78, 5) is 14.7. The lowest BCUT2D eigenvalue weighted by molar-refractivity contribution is -0.129. The third-order valence-electron chi connectivity index (χ3n) is 5.01. The van der Waals surface area contributed by atoms with Crippen molar-refractivity contribution in [3.05, 3.63) is 53.1 Å². The van der Waals surface area contributed by atoms with Gasteiger partial charge in [0.15, 0.2) is 0 Å². The minimum Gasteiger partial charge on any atom is -0.383 e. The van der Waals surface area contributed by atoms with Crippen LogP contribution in [-0.2, 0) is 9.53 Å². The van der Waals surface area contributed by atoms with E-state index >= 15 is 0 Å². The lowest BCUT2D eigenvalue weighted by Crippen LogP contribution is -2.40. The van der Waals surface area contributed by atoms with Crippen LogP contribution in [0, 0.1) is 19.7 Å². The minimum absolute atomic E-state index is 0.0286. The van der Waals surface area contributed by atoms with E-state index in [9.17, 15) is 9.18 Å². The van der Waals surface area contributed by atoms with Gasteiger partial charge in [-0.05, 0) is 57.0 Å². The number of hydrogen-bond acceptors (Lipinski definition) is 3. The van der Waals surface area contributed by atoms with E-state index in [0.717, 1.165) is 35.5 Å². The molecule has 0 aliphatic rings. The Bertz CT molecular complexity index is 808. The molecule has 0 saturated heterocycles. The summed E-state index contributed by atoms with van der Waals surface area (Å²) in [6.07, 6.45) is 5.24. The lowest BCUT2D eigenvalue weighted by atomic mass is 10.1. The fourth-order valence-electron chi connectivity index (χ4n) is 3.37. The number of nitrogens with zero attached hydrogens (tertiary/aromatic N) is 3. The van der Waals surface area contributed by atoms with E-state index in [4.69, 9.17) is 4.74 Å². The summed E-state index contributed by atoms with van der Waals surface area (Å²) < 4.78 is 20.1. The number of benzene rings is 1. The summed E-state index contributed by atoms with van der Waals surface area (Å²) in [5, 5.41) is 4.55. The van der Waals surface area contributed by atoms with Crippen molar-refractivity contribution in [3.8, 4) is 5.69 Å². The maximum atomic E-state index is 13.2. The maximum Gasteiger partial charge on any atom is 0.246 e. The third-order valence-corrected chi connectivity index (χ3v) is 5.01. The van der Waals surface area contributed by atoms with Crippen molar-refractivity contribution < 1.29 is 13.9 Å². The predicted molar refractivity (Wildman–Crippen MR) is 110 cm³/mol. The zero-order valence-electron chi connectivity index (χ0n) is 17.4. The summed E-state index contributed by atoms with van der Waals surface area (Å²) in [5.41, 5.74) is 3.40. The Morgan fingerprint density at radius 1 is 1.25 bits per heavy atom. The van der Waals surface area contributed by atoms with Gasteiger partial charge in [0.2, 0.25) is 5.91 Å². The van der Waals surface area contributed by atoms with Gasteiger partial charge >= 0.3 is 0 Å². The molecule has 5 nitrogen and oxygen atoms in total. The number of ether oxygens (including phenoxy) is 1. The van der Waals surface area contributed by atoms with Crippen LogP contribution in [0.4, 0.5) is 4.39 Å². The van der Waals surface area contributed by atoms with Crippen molar-refractivity contribution in [2.45, 2.75) is 46.6 Å². The highest BCUT2D eigenvalue weighted by molar-refractivity contribution is 5.92. The number of amides is 1. The molecule has 1 aromatic heterocycles. The quantitative estimate of drug-likeness (QED) is 0.603. The van der Waals surface area contributed by atoms with E-state index in [2.05, 4.69) is 18.9 Å². The number of aromatic nitrogens is 2. The zero-order chi connectivity index (χ0) is 20.7. The van der Waals surface area contributed by atoms with E-state index in [0.29, 0.717) is 13.2 Å². The van der Waals surface area contributed by atoms with Crippen molar-refractivity contribution in [2.75, 3.05) is 20.3 Å². The summed E-state index contributed by atoms with van der Waals surface area (Å²) >= 11 is 0. The van der Waals surface area contributed by atoms with E-state index in [-0.39, 0.29) is 17.8 Å². The summed E-state index contributed by atoms with van der Waals surface area (Å²) in [7, 11) is 1.64. The first kappa shape index (κ1) is 21.8. The van der Waals surface area contributed by atoms with E-state index in [1.807, 2.05) is 24.8 Å². The van der Waals surface area contributed by atoms with Gasteiger partial charge in [-0.25, -0.2) is 9.07 Å².